The van der Waals surface area contributed by atoms with Gasteiger partial charge < -0.3 is 0 Å². The second-order valence-corrected chi connectivity index (χ2v) is 3.06. The smallest absolute Gasteiger partial charge is 0.142 e. The first-order valence-corrected chi connectivity index (χ1v) is 4.75. The van der Waals surface area contributed by atoms with Gasteiger partial charge in [-0.25, -0.2) is 9.97 Å². The van der Waals surface area contributed by atoms with E-state index >= 15 is 0 Å². The Kier molecular flexibility index (Phi) is 2.46. The van der Waals surface area contributed by atoms with Gasteiger partial charge in [-0.15, -0.1) is 0 Å². The van der Waals surface area contributed by atoms with E-state index in [1.54, 1.807) is 12.3 Å². The Labute approximate surface area is 87.8 Å². The summed E-state index contributed by atoms with van der Waals surface area (Å²) in [5.41, 5.74) is 0.420. The molecule has 0 saturated carbocycles. The number of aromatic nitrogens is 3. The first-order valence-electron chi connectivity index (χ1n) is 4.75. The fourth-order valence-electron chi connectivity index (χ4n) is 1.42. The third-order valence-corrected chi connectivity index (χ3v) is 2.13. The molecule has 0 aliphatic rings. The van der Waals surface area contributed by atoms with E-state index in [1.807, 2.05) is 35.9 Å². The average Bonchev–Trinajstić information content (AvgIpc) is 2.77. The molecule has 0 spiro atoms. The largest absolute Gasteiger partial charge is 0.288 e. The molecule has 0 amide bonds. The third kappa shape index (κ3) is 1.72. The van der Waals surface area contributed by atoms with Gasteiger partial charge in [0.2, 0.25) is 0 Å². The molecule has 2 aromatic heterocycles. The second kappa shape index (κ2) is 3.93. The van der Waals surface area contributed by atoms with E-state index in [1.165, 1.54) is 0 Å². The Morgan fingerprint density at radius 2 is 2.33 bits per heavy atom. The molecule has 2 heterocycles. The molecular formula is C11H10N4. The molecule has 0 N–H and O–H groups in total. The van der Waals surface area contributed by atoms with Crippen LogP contribution < -0.4 is 0 Å². The van der Waals surface area contributed by atoms with Gasteiger partial charge in [-0.3, -0.25) is 4.57 Å². The van der Waals surface area contributed by atoms with Crippen LogP contribution in [0.3, 0.4) is 0 Å². The molecule has 0 aromatic carbocycles. The van der Waals surface area contributed by atoms with Crippen molar-refractivity contribution >= 4 is 0 Å². The molecule has 0 bridgehead atoms. The van der Waals surface area contributed by atoms with Crippen molar-refractivity contribution in [2.75, 3.05) is 0 Å². The van der Waals surface area contributed by atoms with Crippen LogP contribution in [0, 0.1) is 11.3 Å². The number of nitriles is 1. The van der Waals surface area contributed by atoms with Crippen molar-refractivity contribution in [1.82, 2.24) is 14.5 Å². The summed E-state index contributed by atoms with van der Waals surface area (Å²) in [6.45, 7) is 2.03. The highest BCUT2D eigenvalue weighted by atomic mass is 15.1. The molecule has 0 aliphatic carbocycles. The fourth-order valence-corrected chi connectivity index (χ4v) is 1.42. The third-order valence-electron chi connectivity index (χ3n) is 2.13. The maximum absolute atomic E-state index is 8.75. The quantitative estimate of drug-likeness (QED) is 0.738. The van der Waals surface area contributed by atoms with E-state index in [4.69, 9.17) is 5.26 Å². The molecule has 4 nitrogen and oxygen atoms in total. The maximum atomic E-state index is 8.75. The highest BCUT2D eigenvalue weighted by Crippen LogP contribution is 2.08. The van der Waals surface area contributed by atoms with Crippen LogP contribution in [0.4, 0.5) is 0 Å². The molecule has 4 heteroatoms. The average molecular weight is 198 g/mol. The molecule has 0 radical (unpaired) electrons. The van der Waals surface area contributed by atoms with Crippen LogP contribution in [-0.4, -0.2) is 14.5 Å². The Morgan fingerprint density at radius 1 is 1.47 bits per heavy atom. The van der Waals surface area contributed by atoms with Gasteiger partial charge in [0.25, 0.3) is 0 Å². The Balaban J connectivity index is 2.50. The standard InChI is InChI=1S/C11H10N4/c1-2-10-13-6-7-15(10)11-5-3-4-9(8-12)14-11/h3-7H,2H2,1H3. The lowest BCUT2D eigenvalue weighted by molar-refractivity contribution is 0.865. The highest BCUT2D eigenvalue weighted by molar-refractivity contribution is 5.31. The van der Waals surface area contributed by atoms with Crippen LogP contribution in [0.2, 0.25) is 0 Å². The monoisotopic (exact) mass is 198 g/mol. The Morgan fingerprint density at radius 3 is 3.07 bits per heavy atom. The van der Waals surface area contributed by atoms with E-state index in [0.29, 0.717) is 5.69 Å². The first kappa shape index (κ1) is 9.41. The van der Waals surface area contributed by atoms with Crippen molar-refractivity contribution in [2.45, 2.75) is 13.3 Å². The minimum absolute atomic E-state index is 0.420. The van der Waals surface area contributed by atoms with Crippen molar-refractivity contribution < 1.29 is 0 Å². The minimum Gasteiger partial charge on any atom is -0.288 e. The van der Waals surface area contributed by atoms with Crippen molar-refractivity contribution in [3.63, 3.8) is 0 Å². The zero-order valence-electron chi connectivity index (χ0n) is 8.38. The van der Waals surface area contributed by atoms with Gasteiger partial charge in [0.15, 0.2) is 0 Å². The molecule has 15 heavy (non-hydrogen) atoms. The second-order valence-electron chi connectivity index (χ2n) is 3.06. The summed E-state index contributed by atoms with van der Waals surface area (Å²) >= 11 is 0. The maximum Gasteiger partial charge on any atom is 0.142 e. The van der Waals surface area contributed by atoms with Gasteiger partial charge >= 0.3 is 0 Å². The first-order chi connectivity index (χ1) is 7.35. The number of rotatable bonds is 2. The molecule has 2 rings (SSSR count). The van der Waals surface area contributed by atoms with Gasteiger partial charge in [0.05, 0.1) is 0 Å². The van der Waals surface area contributed by atoms with E-state index in [2.05, 4.69) is 9.97 Å². The van der Waals surface area contributed by atoms with E-state index in [0.717, 1.165) is 18.1 Å². The summed E-state index contributed by atoms with van der Waals surface area (Å²) < 4.78 is 1.89. The summed E-state index contributed by atoms with van der Waals surface area (Å²) in [7, 11) is 0. The number of hydrogen-bond donors (Lipinski definition) is 0. The lowest BCUT2D eigenvalue weighted by atomic mass is 10.3. The van der Waals surface area contributed by atoms with E-state index in [-0.39, 0.29) is 0 Å². The lowest BCUT2D eigenvalue weighted by Gasteiger charge is -2.04. The zero-order valence-corrected chi connectivity index (χ0v) is 8.38. The summed E-state index contributed by atoms with van der Waals surface area (Å²) in [6, 6.07) is 7.39. The number of hydrogen-bond acceptors (Lipinski definition) is 3. The van der Waals surface area contributed by atoms with Crippen molar-refractivity contribution in [3.05, 3.63) is 42.1 Å². The van der Waals surface area contributed by atoms with Gasteiger partial charge in [-0.1, -0.05) is 13.0 Å². The predicted molar refractivity (Wildman–Crippen MR) is 55.5 cm³/mol. The topological polar surface area (TPSA) is 54.5 Å². The normalized spacial score (nSPS) is 9.87. The molecular weight excluding hydrogens is 188 g/mol. The summed E-state index contributed by atoms with van der Waals surface area (Å²) in [5.74, 6) is 1.68. The summed E-state index contributed by atoms with van der Waals surface area (Å²) in [4.78, 5) is 8.41. The highest BCUT2D eigenvalue weighted by Gasteiger charge is 2.04. The van der Waals surface area contributed by atoms with Crippen LogP contribution in [0.15, 0.2) is 30.6 Å². The van der Waals surface area contributed by atoms with Crippen LogP contribution in [0.5, 0.6) is 0 Å². The lowest BCUT2D eigenvalue weighted by Crippen LogP contribution is -2.02. The molecule has 0 fully saturated rings. The van der Waals surface area contributed by atoms with E-state index < -0.39 is 0 Å². The van der Waals surface area contributed by atoms with Crippen LogP contribution in [0.25, 0.3) is 5.82 Å². The van der Waals surface area contributed by atoms with Crippen LogP contribution in [-0.2, 0) is 6.42 Å². The van der Waals surface area contributed by atoms with Gasteiger partial charge in [0, 0.05) is 18.8 Å². The Hall–Kier alpha value is -2.15. The minimum atomic E-state index is 0.420. The van der Waals surface area contributed by atoms with Crippen molar-refractivity contribution in [3.8, 4) is 11.9 Å². The summed E-state index contributed by atoms with van der Waals surface area (Å²) in [5, 5.41) is 8.75. The number of nitrogens with zero attached hydrogens (tertiary/aromatic N) is 4. The molecule has 2 aromatic rings. The number of imidazole rings is 1. The molecule has 0 aliphatic heterocycles. The molecule has 0 unspecified atom stereocenters. The van der Waals surface area contributed by atoms with Gasteiger partial charge in [-0.2, -0.15) is 5.26 Å². The summed E-state index contributed by atoms with van der Waals surface area (Å²) in [6.07, 6.45) is 4.42. The van der Waals surface area contributed by atoms with Crippen molar-refractivity contribution in [2.24, 2.45) is 0 Å². The SMILES string of the molecule is CCc1nccn1-c1cccc(C#N)n1. The Bertz CT molecular complexity index is 507. The van der Waals surface area contributed by atoms with Crippen molar-refractivity contribution in [1.29, 1.82) is 5.26 Å². The number of pyridine rings is 1. The fraction of sp³-hybridized carbons (Fsp3) is 0.182. The zero-order chi connectivity index (χ0) is 10.7. The van der Waals surface area contributed by atoms with E-state index in [9.17, 15) is 0 Å². The molecule has 0 atom stereocenters. The van der Waals surface area contributed by atoms with Crippen LogP contribution in [0.1, 0.15) is 18.4 Å². The molecule has 0 saturated heterocycles. The molecule has 74 valence electrons. The number of aryl methyl sites for hydroxylation is 1. The van der Waals surface area contributed by atoms with Gasteiger partial charge in [0.1, 0.15) is 23.4 Å². The van der Waals surface area contributed by atoms with Gasteiger partial charge in [-0.05, 0) is 12.1 Å². The predicted octanol–water partition coefficient (Wildman–Crippen LogP) is 1.70. The van der Waals surface area contributed by atoms with Crippen LogP contribution >= 0.6 is 0 Å².